The molecular formula is C19H24N2O7S. The highest BCUT2D eigenvalue weighted by Crippen LogP contribution is 2.31. The van der Waals surface area contributed by atoms with E-state index in [2.05, 4.69) is 5.32 Å². The number of ether oxygens (including phenoxy) is 4. The van der Waals surface area contributed by atoms with Gasteiger partial charge in [0.05, 0.1) is 45.6 Å². The average Bonchev–Trinajstić information content (AvgIpc) is 2.72. The van der Waals surface area contributed by atoms with Crippen LogP contribution in [0, 0.1) is 0 Å². The Morgan fingerprint density at radius 2 is 1.52 bits per heavy atom. The second-order valence-electron chi connectivity index (χ2n) is 5.89. The van der Waals surface area contributed by atoms with Gasteiger partial charge in [-0.3, -0.25) is 4.79 Å². The molecule has 0 aliphatic rings. The van der Waals surface area contributed by atoms with Gasteiger partial charge in [-0.1, -0.05) is 0 Å². The molecule has 0 aliphatic carbocycles. The lowest BCUT2D eigenvalue weighted by atomic mass is 10.2. The van der Waals surface area contributed by atoms with Crippen LogP contribution in [0.2, 0.25) is 0 Å². The highest BCUT2D eigenvalue weighted by molar-refractivity contribution is 7.89. The normalized spacial score (nSPS) is 11.1. The molecule has 0 saturated carbocycles. The van der Waals surface area contributed by atoms with Gasteiger partial charge in [-0.25, -0.2) is 8.42 Å². The van der Waals surface area contributed by atoms with E-state index in [0.717, 1.165) is 4.31 Å². The number of methoxy groups -OCH3 is 4. The highest BCUT2D eigenvalue weighted by atomic mass is 32.2. The molecule has 0 spiro atoms. The molecule has 0 heterocycles. The van der Waals surface area contributed by atoms with E-state index < -0.39 is 22.5 Å². The Bertz CT molecular complexity index is 977. The van der Waals surface area contributed by atoms with E-state index in [0.29, 0.717) is 22.9 Å². The molecule has 2 rings (SSSR count). The minimum Gasteiger partial charge on any atom is -0.497 e. The van der Waals surface area contributed by atoms with Crippen LogP contribution in [0.3, 0.4) is 0 Å². The first kappa shape index (κ1) is 22.3. The maximum Gasteiger partial charge on any atom is 0.243 e. The number of sulfonamides is 1. The van der Waals surface area contributed by atoms with Crippen molar-refractivity contribution in [1.82, 2.24) is 4.31 Å². The first-order valence-corrected chi connectivity index (χ1v) is 9.91. The lowest BCUT2D eigenvalue weighted by Gasteiger charge is -2.18. The van der Waals surface area contributed by atoms with Crippen LogP contribution in [-0.2, 0) is 14.8 Å². The summed E-state index contributed by atoms with van der Waals surface area (Å²) in [6, 6.07) is 9.12. The van der Waals surface area contributed by atoms with Crippen molar-refractivity contribution in [3.8, 4) is 23.0 Å². The summed E-state index contributed by atoms with van der Waals surface area (Å²) in [5.74, 6) is 1.07. The zero-order valence-electron chi connectivity index (χ0n) is 16.9. The third-order valence-electron chi connectivity index (χ3n) is 4.11. The Kier molecular flexibility index (Phi) is 7.29. The number of nitrogens with one attached hydrogen (secondary N) is 1. The number of amides is 1. The van der Waals surface area contributed by atoms with Gasteiger partial charge in [0, 0.05) is 19.2 Å². The van der Waals surface area contributed by atoms with Gasteiger partial charge in [0.2, 0.25) is 15.9 Å². The van der Waals surface area contributed by atoms with Gasteiger partial charge in [0.1, 0.15) is 11.5 Å². The molecule has 9 nitrogen and oxygen atoms in total. The average molecular weight is 424 g/mol. The number of anilines is 1. The summed E-state index contributed by atoms with van der Waals surface area (Å²) in [6.45, 7) is -0.406. The van der Waals surface area contributed by atoms with Crippen LogP contribution in [0.4, 0.5) is 5.69 Å². The van der Waals surface area contributed by atoms with Gasteiger partial charge < -0.3 is 24.3 Å². The number of carbonyl (C=O) groups is 1. The number of benzene rings is 2. The largest absolute Gasteiger partial charge is 0.497 e. The first-order valence-electron chi connectivity index (χ1n) is 8.47. The molecule has 0 atom stereocenters. The molecular weight excluding hydrogens is 400 g/mol. The quantitative estimate of drug-likeness (QED) is 0.656. The Hall–Kier alpha value is -2.98. The smallest absolute Gasteiger partial charge is 0.243 e. The van der Waals surface area contributed by atoms with Gasteiger partial charge in [0.15, 0.2) is 11.5 Å². The van der Waals surface area contributed by atoms with Gasteiger partial charge in [-0.15, -0.1) is 0 Å². The topological polar surface area (TPSA) is 103 Å². The minimum absolute atomic E-state index is 0.0237. The summed E-state index contributed by atoms with van der Waals surface area (Å²) in [5.41, 5.74) is 0.369. The van der Waals surface area contributed by atoms with E-state index in [1.165, 1.54) is 53.7 Å². The van der Waals surface area contributed by atoms with E-state index in [-0.39, 0.29) is 10.6 Å². The fraction of sp³-hybridized carbons (Fsp3) is 0.316. The molecule has 0 aromatic heterocycles. The van der Waals surface area contributed by atoms with Gasteiger partial charge in [-0.2, -0.15) is 4.31 Å². The van der Waals surface area contributed by atoms with Crippen LogP contribution in [0.1, 0.15) is 0 Å². The number of hydrogen-bond acceptors (Lipinski definition) is 7. The van der Waals surface area contributed by atoms with E-state index >= 15 is 0 Å². The van der Waals surface area contributed by atoms with Crippen molar-refractivity contribution in [2.75, 3.05) is 47.3 Å². The van der Waals surface area contributed by atoms with Crippen molar-refractivity contribution in [2.45, 2.75) is 4.90 Å². The molecule has 0 saturated heterocycles. The van der Waals surface area contributed by atoms with E-state index in [9.17, 15) is 13.2 Å². The zero-order valence-corrected chi connectivity index (χ0v) is 17.7. The maximum absolute atomic E-state index is 12.8. The zero-order chi connectivity index (χ0) is 21.6. The van der Waals surface area contributed by atoms with Crippen LogP contribution in [-0.4, -0.2) is 60.7 Å². The number of rotatable bonds is 9. The Morgan fingerprint density at radius 3 is 2.10 bits per heavy atom. The minimum atomic E-state index is -3.93. The summed E-state index contributed by atoms with van der Waals surface area (Å²) in [4.78, 5) is 12.4. The third kappa shape index (κ3) is 5.09. The van der Waals surface area contributed by atoms with Crippen molar-refractivity contribution in [3.05, 3.63) is 36.4 Å². The predicted octanol–water partition coefficient (Wildman–Crippen LogP) is 1.98. The van der Waals surface area contributed by atoms with E-state index in [4.69, 9.17) is 18.9 Å². The number of hydrogen-bond donors (Lipinski definition) is 1. The lowest BCUT2D eigenvalue weighted by Crippen LogP contribution is -2.35. The maximum atomic E-state index is 12.8. The van der Waals surface area contributed by atoms with Crippen molar-refractivity contribution >= 4 is 21.6 Å². The van der Waals surface area contributed by atoms with Crippen molar-refractivity contribution in [1.29, 1.82) is 0 Å². The lowest BCUT2D eigenvalue weighted by molar-refractivity contribution is -0.116. The van der Waals surface area contributed by atoms with E-state index in [1.807, 2.05) is 0 Å². The fourth-order valence-electron chi connectivity index (χ4n) is 2.55. The molecule has 2 aromatic rings. The molecule has 2 aromatic carbocycles. The molecule has 0 radical (unpaired) electrons. The number of likely N-dealkylation sites (N-methyl/N-ethyl adjacent to an activating group) is 1. The number of nitrogens with zero attached hydrogens (tertiary/aromatic N) is 1. The molecule has 0 fully saturated rings. The molecule has 1 N–H and O–H groups in total. The van der Waals surface area contributed by atoms with Crippen LogP contribution in [0.5, 0.6) is 23.0 Å². The van der Waals surface area contributed by atoms with Gasteiger partial charge in [-0.05, 0) is 24.3 Å². The SMILES string of the molecule is COc1ccc(OC)c(NC(=O)CN(C)S(=O)(=O)c2ccc(OC)c(OC)c2)c1. The molecule has 0 unspecified atom stereocenters. The van der Waals surface area contributed by atoms with Crippen molar-refractivity contribution < 1.29 is 32.2 Å². The van der Waals surface area contributed by atoms with Crippen LogP contribution >= 0.6 is 0 Å². The molecule has 29 heavy (non-hydrogen) atoms. The second kappa shape index (κ2) is 9.48. The molecule has 10 heteroatoms. The second-order valence-corrected chi connectivity index (χ2v) is 7.94. The summed E-state index contributed by atoms with van der Waals surface area (Å²) >= 11 is 0. The monoisotopic (exact) mass is 424 g/mol. The van der Waals surface area contributed by atoms with Crippen LogP contribution in [0.25, 0.3) is 0 Å². The standard InChI is InChI=1S/C19H24N2O7S/c1-21(29(23,24)14-7-9-17(27-4)18(11-14)28-5)12-19(22)20-15-10-13(25-2)6-8-16(15)26-3/h6-11H,12H2,1-5H3,(H,20,22). The highest BCUT2D eigenvalue weighted by Gasteiger charge is 2.25. The fourth-order valence-corrected chi connectivity index (χ4v) is 3.69. The summed E-state index contributed by atoms with van der Waals surface area (Å²) < 4.78 is 47.2. The first-order chi connectivity index (χ1) is 13.8. The summed E-state index contributed by atoms with van der Waals surface area (Å²) in [6.07, 6.45) is 0. The van der Waals surface area contributed by atoms with Crippen LogP contribution in [0.15, 0.2) is 41.3 Å². The summed E-state index contributed by atoms with van der Waals surface area (Å²) in [7, 11) is 3.21. The molecule has 0 aliphatic heterocycles. The third-order valence-corrected chi connectivity index (χ3v) is 5.91. The Labute approximate surface area is 170 Å². The molecule has 0 bridgehead atoms. The van der Waals surface area contributed by atoms with Crippen molar-refractivity contribution in [3.63, 3.8) is 0 Å². The molecule has 1 amide bonds. The Morgan fingerprint density at radius 1 is 0.897 bits per heavy atom. The number of carbonyl (C=O) groups excluding carboxylic acids is 1. The van der Waals surface area contributed by atoms with Crippen LogP contribution < -0.4 is 24.3 Å². The predicted molar refractivity (Wildman–Crippen MR) is 108 cm³/mol. The molecule has 158 valence electrons. The van der Waals surface area contributed by atoms with Gasteiger partial charge in [0.25, 0.3) is 0 Å². The van der Waals surface area contributed by atoms with Crippen molar-refractivity contribution in [2.24, 2.45) is 0 Å². The van der Waals surface area contributed by atoms with E-state index in [1.54, 1.807) is 18.2 Å². The summed E-state index contributed by atoms with van der Waals surface area (Å²) in [5, 5.41) is 2.64. The van der Waals surface area contributed by atoms with Gasteiger partial charge >= 0.3 is 0 Å². The Balaban J connectivity index is 2.19.